The number of nitrogen functional groups attached to an aromatic ring is 1. The minimum atomic E-state index is -0.416. The highest BCUT2D eigenvalue weighted by molar-refractivity contribution is 6.08. The molecule has 0 spiro atoms. The van der Waals surface area contributed by atoms with Gasteiger partial charge in [-0.3, -0.25) is 0 Å². The van der Waals surface area contributed by atoms with Crippen LogP contribution in [0.5, 0.6) is 0 Å². The lowest BCUT2D eigenvalue weighted by Gasteiger charge is -2.10. The number of carbonyl (C=O) groups excluding carboxylic acids is 1. The monoisotopic (exact) mass is 368 g/mol. The number of hydrogen-bond donors (Lipinski definition) is 1. The lowest BCUT2D eigenvalue weighted by atomic mass is 10.2. The molecule has 0 aliphatic rings. The van der Waals surface area contributed by atoms with Crippen molar-refractivity contribution in [2.75, 3.05) is 12.3 Å². The molecule has 0 aliphatic carbocycles. The summed E-state index contributed by atoms with van der Waals surface area (Å²) in [5.41, 5.74) is 9.37. The predicted molar refractivity (Wildman–Crippen MR) is 109 cm³/mol. The standard InChI is InChI=1S/C21H28N4O2/c1-4-5-6-9-12-27-21(26)17-18-20(25(19(17)22)13-14(2)3)24-16-11-8-7-10-15(16)23-18/h7-8,10-11,14H,4-6,9,12-13,22H2,1-3H3. The van der Waals surface area contributed by atoms with Gasteiger partial charge in [0, 0.05) is 6.54 Å². The van der Waals surface area contributed by atoms with E-state index in [2.05, 4.69) is 25.8 Å². The number of rotatable bonds is 8. The summed E-state index contributed by atoms with van der Waals surface area (Å²) in [6.45, 7) is 7.42. The van der Waals surface area contributed by atoms with Crippen LogP contribution >= 0.6 is 0 Å². The van der Waals surface area contributed by atoms with Crippen molar-refractivity contribution in [3.05, 3.63) is 29.8 Å². The van der Waals surface area contributed by atoms with E-state index in [0.29, 0.717) is 41.6 Å². The second kappa shape index (κ2) is 8.37. The highest BCUT2D eigenvalue weighted by atomic mass is 16.5. The van der Waals surface area contributed by atoms with Crippen LogP contribution in [-0.4, -0.2) is 27.1 Å². The van der Waals surface area contributed by atoms with Crippen LogP contribution < -0.4 is 5.73 Å². The number of unbranched alkanes of at least 4 members (excludes halogenated alkanes) is 3. The Morgan fingerprint density at radius 2 is 1.85 bits per heavy atom. The molecule has 0 amide bonds. The van der Waals surface area contributed by atoms with E-state index >= 15 is 0 Å². The maximum absolute atomic E-state index is 12.8. The van der Waals surface area contributed by atoms with Crippen LogP contribution in [0.1, 0.15) is 56.8 Å². The van der Waals surface area contributed by atoms with Crippen molar-refractivity contribution in [3.63, 3.8) is 0 Å². The molecule has 27 heavy (non-hydrogen) atoms. The van der Waals surface area contributed by atoms with Crippen molar-refractivity contribution < 1.29 is 9.53 Å². The van der Waals surface area contributed by atoms with Crippen LogP contribution in [0.25, 0.3) is 22.2 Å². The SMILES string of the molecule is CCCCCCOC(=O)c1c(N)n(CC(C)C)c2nc3ccccc3nc12. The number of benzene rings is 1. The van der Waals surface area contributed by atoms with Gasteiger partial charge in [-0.2, -0.15) is 0 Å². The molecule has 3 rings (SSSR count). The first-order valence-electron chi connectivity index (χ1n) is 9.74. The molecule has 0 atom stereocenters. The number of fused-ring (bicyclic) bond motifs is 2. The fourth-order valence-electron chi connectivity index (χ4n) is 3.23. The fourth-order valence-corrected chi connectivity index (χ4v) is 3.23. The van der Waals surface area contributed by atoms with Gasteiger partial charge in [0.25, 0.3) is 0 Å². The summed E-state index contributed by atoms with van der Waals surface area (Å²) >= 11 is 0. The van der Waals surface area contributed by atoms with E-state index in [1.165, 1.54) is 0 Å². The Morgan fingerprint density at radius 3 is 2.52 bits per heavy atom. The van der Waals surface area contributed by atoms with E-state index in [4.69, 9.17) is 15.5 Å². The number of nitrogens with zero attached hydrogens (tertiary/aromatic N) is 3. The highest BCUT2D eigenvalue weighted by Crippen LogP contribution is 2.29. The first-order valence-corrected chi connectivity index (χ1v) is 9.74. The van der Waals surface area contributed by atoms with Crippen molar-refractivity contribution in [1.82, 2.24) is 14.5 Å². The zero-order valence-corrected chi connectivity index (χ0v) is 16.4. The Kier molecular flexibility index (Phi) is 5.94. The lowest BCUT2D eigenvalue weighted by Crippen LogP contribution is -2.12. The molecule has 6 nitrogen and oxygen atoms in total. The third kappa shape index (κ3) is 4.04. The molecule has 2 aromatic heterocycles. The van der Waals surface area contributed by atoms with Crippen molar-refractivity contribution >= 4 is 34.0 Å². The van der Waals surface area contributed by atoms with Gasteiger partial charge in [-0.15, -0.1) is 0 Å². The zero-order valence-electron chi connectivity index (χ0n) is 16.4. The van der Waals surface area contributed by atoms with E-state index < -0.39 is 5.97 Å². The Morgan fingerprint density at radius 1 is 1.15 bits per heavy atom. The van der Waals surface area contributed by atoms with Crippen molar-refractivity contribution in [2.24, 2.45) is 5.92 Å². The van der Waals surface area contributed by atoms with Gasteiger partial charge in [0.05, 0.1) is 17.6 Å². The van der Waals surface area contributed by atoms with E-state index in [0.717, 1.165) is 36.7 Å². The van der Waals surface area contributed by atoms with Crippen LogP contribution in [0, 0.1) is 5.92 Å². The summed E-state index contributed by atoms with van der Waals surface area (Å²) < 4.78 is 7.38. The molecule has 2 heterocycles. The average molecular weight is 368 g/mol. The van der Waals surface area contributed by atoms with Crippen LogP contribution in [0.3, 0.4) is 0 Å². The van der Waals surface area contributed by atoms with Crippen LogP contribution in [0.2, 0.25) is 0 Å². The van der Waals surface area contributed by atoms with E-state index in [-0.39, 0.29) is 0 Å². The Labute approximate surface area is 159 Å². The van der Waals surface area contributed by atoms with Gasteiger partial charge in [0.1, 0.15) is 16.9 Å². The molecule has 0 saturated heterocycles. The molecule has 0 radical (unpaired) electrons. The highest BCUT2D eigenvalue weighted by Gasteiger charge is 2.25. The average Bonchev–Trinajstić information content (AvgIpc) is 2.90. The van der Waals surface area contributed by atoms with Gasteiger partial charge < -0.3 is 15.0 Å². The van der Waals surface area contributed by atoms with Gasteiger partial charge in [0.2, 0.25) is 0 Å². The van der Waals surface area contributed by atoms with Crippen molar-refractivity contribution in [3.8, 4) is 0 Å². The topological polar surface area (TPSA) is 83.0 Å². The molecule has 0 fully saturated rings. The van der Waals surface area contributed by atoms with E-state index in [1.54, 1.807) is 0 Å². The lowest BCUT2D eigenvalue weighted by molar-refractivity contribution is 0.0501. The van der Waals surface area contributed by atoms with Gasteiger partial charge >= 0.3 is 5.97 Å². The van der Waals surface area contributed by atoms with Crippen LogP contribution in [0.4, 0.5) is 5.82 Å². The van der Waals surface area contributed by atoms with E-state index in [1.807, 2.05) is 28.8 Å². The van der Waals surface area contributed by atoms with Gasteiger partial charge in [0.15, 0.2) is 5.65 Å². The summed E-state index contributed by atoms with van der Waals surface area (Å²) in [6, 6.07) is 7.63. The molecule has 144 valence electrons. The second-order valence-electron chi connectivity index (χ2n) is 7.35. The Bertz CT molecular complexity index is 946. The quantitative estimate of drug-likeness (QED) is 0.465. The second-order valence-corrected chi connectivity index (χ2v) is 7.35. The number of ether oxygens (including phenoxy) is 1. The molecule has 0 saturated carbocycles. The molecular weight excluding hydrogens is 340 g/mol. The van der Waals surface area contributed by atoms with E-state index in [9.17, 15) is 4.79 Å². The molecular formula is C21H28N4O2. The van der Waals surface area contributed by atoms with Crippen LogP contribution in [0.15, 0.2) is 24.3 Å². The Balaban J connectivity index is 2.01. The number of carbonyl (C=O) groups is 1. The van der Waals surface area contributed by atoms with Gasteiger partial charge in [-0.1, -0.05) is 52.2 Å². The largest absolute Gasteiger partial charge is 0.462 e. The summed E-state index contributed by atoms with van der Waals surface area (Å²) in [6.07, 6.45) is 4.20. The predicted octanol–water partition coefficient (Wildman–Crippen LogP) is 4.56. The molecule has 2 N–H and O–H groups in total. The number of nitrogens with two attached hydrogens (primary N) is 1. The zero-order chi connectivity index (χ0) is 19.4. The molecule has 0 bridgehead atoms. The number of hydrogen-bond acceptors (Lipinski definition) is 5. The fraction of sp³-hybridized carbons (Fsp3) is 0.476. The smallest absolute Gasteiger partial charge is 0.344 e. The minimum Gasteiger partial charge on any atom is -0.462 e. The summed E-state index contributed by atoms with van der Waals surface area (Å²) in [5, 5.41) is 0. The normalized spacial score (nSPS) is 11.6. The number of anilines is 1. The Hall–Kier alpha value is -2.63. The minimum absolute atomic E-state index is 0.333. The van der Waals surface area contributed by atoms with Gasteiger partial charge in [-0.05, 0) is 24.5 Å². The number of esters is 1. The van der Waals surface area contributed by atoms with Gasteiger partial charge in [-0.25, -0.2) is 14.8 Å². The first kappa shape index (κ1) is 19.1. The molecule has 1 aromatic carbocycles. The molecule has 0 unspecified atom stereocenters. The first-order chi connectivity index (χ1) is 13.0. The maximum Gasteiger partial charge on any atom is 0.344 e. The molecule has 0 aliphatic heterocycles. The summed E-state index contributed by atoms with van der Waals surface area (Å²) in [4.78, 5) is 22.2. The third-order valence-corrected chi connectivity index (χ3v) is 4.57. The summed E-state index contributed by atoms with van der Waals surface area (Å²) in [5.74, 6) is 0.322. The van der Waals surface area contributed by atoms with Crippen molar-refractivity contribution in [1.29, 1.82) is 0 Å². The third-order valence-electron chi connectivity index (χ3n) is 4.57. The maximum atomic E-state index is 12.8. The molecule has 6 heteroatoms. The summed E-state index contributed by atoms with van der Waals surface area (Å²) in [7, 11) is 0. The number of para-hydroxylation sites is 2. The van der Waals surface area contributed by atoms with Crippen molar-refractivity contribution in [2.45, 2.75) is 53.0 Å². The van der Waals surface area contributed by atoms with Crippen LogP contribution in [-0.2, 0) is 11.3 Å². The number of aromatic nitrogens is 3. The molecule has 3 aromatic rings.